The predicted molar refractivity (Wildman–Crippen MR) is 66.6 cm³/mol. The lowest BCUT2D eigenvalue weighted by Gasteiger charge is -2.31. The molecule has 0 spiro atoms. The molecule has 0 aliphatic carbocycles. The maximum Gasteiger partial charge on any atom is 0.161 e. The second kappa shape index (κ2) is 4.80. The summed E-state index contributed by atoms with van der Waals surface area (Å²) in [6, 6.07) is 7.87. The number of fused-ring (bicyclic) bond motifs is 1. The number of hydrogen-bond donors (Lipinski definition) is 0. The van der Waals surface area contributed by atoms with Gasteiger partial charge >= 0.3 is 0 Å². The van der Waals surface area contributed by atoms with E-state index in [1.54, 1.807) is 0 Å². The number of benzene rings is 1. The third-order valence-electron chi connectivity index (χ3n) is 3.17. The highest BCUT2D eigenvalue weighted by Crippen LogP contribution is 2.31. The fourth-order valence-electron chi connectivity index (χ4n) is 2.30. The van der Waals surface area contributed by atoms with E-state index in [-0.39, 0.29) is 6.10 Å². The van der Waals surface area contributed by atoms with E-state index in [4.69, 9.17) is 9.47 Å². The number of nitrogens with zero attached hydrogens (tertiary/aromatic N) is 1. The van der Waals surface area contributed by atoms with Gasteiger partial charge in [0.15, 0.2) is 11.5 Å². The van der Waals surface area contributed by atoms with Crippen LogP contribution in [0.15, 0.2) is 36.4 Å². The molecule has 1 atom stereocenters. The molecule has 0 bridgehead atoms. The SMILES string of the molecule is C1=CCN(CC2COc3ccccc3O2)CC1. The standard InChI is InChI=1S/C14H17NO2/c1-4-8-15(9-5-1)10-12-11-16-13-6-2-3-7-14(13)17-12/h1-4,6-7,12H,5,8-11H2. The highest BCUT2D eigenvalue weighted by atomic mass is 16.6. The molecule has 1 aromatic rings. The summed E-state index contributed by atoms with van der Waals surface area (Å²) in [5.74, 6) is 1.73. The van der Waals surface area contributed by atoms with Crippen molar-refractivity contribution in [3.8, 4) is 11.5 Å². The zero-order valence-electron chi connectivity index (χ0n) is 9.84. The zero-order valence-corrected chi connectivity index (χ0v) is 9.84. The Morgan fingerprint density at radius 3 is 2.88 bits per heavy atom. The lowest BCUT2D eigenvalue weighted by atomic mass is 10.2. The van der Waals surface area contributed by atoms with E-state index < -0.39 is 0 Å². The number of rotatable bonds is 2. The van der Waals surface area contributed by atoms with Crippen molar-refractivity contribution >= 4 is 0 Å². The average molecular weight is 231 g/mol. The van der Waals surface area contributed by atoms with Gasteiger partial charge in [-0.3, -0.25) is 4.90 Å². The van der Waals surface area contributed by atoms with Crippen LogP contribution in [0.3, 0.4) is 0 Å². The van der Waals surface area contributed by atoms with E-state index >= 15 is 0 Å². The summed E-state index contributed by atoms with van der Waals surface area (Å²) in [5, 5.41) is 0. The van der Waals surface area contributed by atoms with E-state index in [0.29, 0.717) is 6.61 Å². The van der Waals surface area contributed by atoms with Gasteiger partial charge in [0.1, 0.15) is 12.7 Å². The lowest BCUT2D eigenvalue weighted by molar-refractivity contribution is 0.0613. The van der Waals surface area contributed by atoms with Crippen molar-refractivity contribution in [2.24, 2.45) is 0 Å². The molecule has 0 aromatic heterocycles. The number of hydrogen-bond acceptors (Lipinski definition) is 3. The molecule has 2 aliphatic heterocycles. The van der Waals surface area contributed by atoms with E-state index in [1.165, 1.54) is 0 Å². The van der Waals surface area contributed by atoms with Gasteiger partial charge in [-0.05, 0) is 18.6 Å². The molecule has 0 saturated heterocycles. The fraction of sp³-hybridized carbons (Fsp3) is 0.429. The van der Waals surface area contributed by atoms with Crippen LogP contribution in [0.4, 0.5) is 0 Å². The third kappa shape index (κ3) is 2.44. The first-order valence-corrected chi connectivity index (χ1v) is 6.17. The van der Waals surface area contributed by atoms with E-state index in [0.717, 1.165) is 37.6 Å². The maximum atomic E-state index is 5.94. The maximum absolute atomic E-state index is 5.94. The molecule has 3 nitrogen and oxygen atoms in total. The highest BCUT2D eigenvalue weighted by Gasteiger charge is 2.22. The van der Waals surface area contributed by atoms with Gasteiger partial charge in [-0.2, -0.15) is 0 Å². The highest BCUT2D eigenvalue weighted by molar-refractivity contribution is 5.40. The zero-order chi connectivity index (χ0) is 11.5. The van der Waals surface area contributed by atoms with Crippen molar-refractivity contribution in [1.29, 1.82) is 0 Å². The van der Waals surface area contributed by atoms with Gasteiger partial charge in [-0.15, -0.1) is 0 Å². The second-order valence-electron chi connectivity index (χ2n) is 4.52. The molecule has 17 heavy (non-hydrogen) atoms. The Morgan fingerprint density at radius 2 is 2.06 bits per heavy atom. The minimum atomic E-state index is 0.149. The molecular formula is C14H17NO2. The van der Waals surface area contributed by atoms with Crippen LogP contribution in [0.5, 0.6) is 11.5 Å². The van der Waals surface area contributed by atoms with Crippen LogP contribution in [-0.2, 0) is 0 Å². The first-order valence-electron chi connectivity index (χ1n) is 6.17. The van der Waals surface area contributed by atoms with Crippen molar-refractivity contribution in [3.63, 3.8) is 0 Å². The summed E-state index contributed by atoms with van der Waals surface area (Å²) >= 11 is 0. The molecule has 3 heteroatoms. The Morgan fingerprint density at radius 1 is 1.18 bits per heavy atom. The molecule has 90 valence electrons. The molecule has 1 aromatic carbocycles. The molecule has 0 saturated carbocycles. The van der Waals surface area contributed by atoms with Crippen LogP contribution in [0.2, 0.25) is 0 Å². The van der Waals surface area contributed by atoms with Gasteiger partial charge in [0.25, 0.3) is 0 Å². The first-order chi connectivity index (χ1) is 8.42. The summed E-state index contributed by atoms with van der Waals surface area (Å²) in [7, 11) is 0. The summed E-state index contributed by atoms with van der Waals surface area (Å²) in [4.78, 5) is 2.40. The fourth-order valence-corrected chi connectivity index (χ4v) is 2.30. The van der Waals surface area contributed by atoms with Crippen LogP contribution in [0.1, 0.15) is 6.42 Å². The van der Waals surface area contributed by atoms with Gasteiger partial charge in [0.05, 0.1) is 0 Å². The molecule has 0 amide bonds. The van der Waals surface area contributed by atoms with Gasteiger partial charge in [0, 0.05) is 19.6 Å². The van der Waals surface area contributed by atoms with Crippen LogP contribution < -0.4 is 9.47 Å². The predicted octanol–water partition coefficient (Wildman–Crippen LogP) is 2.09. The molecule has 2 heterocycles. The van der Waals surface area contributed by atoms with Crippen LogP contribution in [-0.4, -0.2) is 37.2 Å². The summed E-state index contributed by atoms with van der Waals surface area (Å²) < 4.78 is 11.7. The normalized spacial score (nSPS) is 23.6. The quantitative estimate of drug-likeness (QED) is 0.727. The van der Waals surface area contributed by atoms with Gasteiger partial charge in [0.2, 0.25) is 0 Å². The first kappa shape index (κ1) is 10.7. The van der Waals surface area contributed by atoms with Crippen LogP contribution in [0.25, 0.3) is 0 Å². The lowest BCUT2D eigenvalue weighted by Crippen LogP contribution is -2.42. The molecule has 3 rings (SSSR count). The van der Waals surface area contributed by atoms with E-state index in [9.17, 15) is 0 Å². The second-order valence-corrected chi connectivity index (χ2v) is 4.52. The Hall–Kier alpha value is -1.48. The van der Waals surface area contributed by atoms with Crippen molar-refractivity contribution in [3.05, 3.63) is 36.4 Å². The van der Waals surface area contributed by atoms with Gasteiger partial charge in [-0.1, -0.05) is 24.3 Å². The molecule has 0 radical (unpaired) electrons. The minimum Gasteiger partial charge on any atom is -0.486 e. The Kier molecular flexibility index (Phi) is 3.01. The largest absolute Gasteiger partial charge is 0.486 e. The van der Waals surface area contributed by atoms with Crippen molar-refractivity contribution in [2.45, 2.75) is 12.5 Å². The van der Waals surface area contributed by atoms with Crippen molar-refractivity contribution < 1.29 is 9.47 Å². The van der Waals surface area contributed by atoms with Gasteiger partial charge < -0.3 is 9.47 Å². The Bertz CT molecular complexity index is 416. The smallest absolute Gasteiger partial charge is 0.161 e. The van der Waals surface area contributed by atoms with Crippen molar-refractivity contribution in [2.75, 3.05) is 26.2 Å². The molecule has 0 N–H and O–H groups in total. The summed E-state index contributed by atoms with van der Waals surface area (Å²) in [6.07, 6.45) is 5.76. The monoisotopic (exact) mass is 231 g/mol. The molecular weight excluding hydrogens is 214 g/mol. The van der Waals surface area contributed by atoms with E-state index in [2.05, 4.69) is 17.1 Å². The van der Waals surface area contributed by atoms with E-state index in [1.807, 2.05) is 24.3 Å². The average Bonchev–Trinajstić information content (AvgIpc) is 2.40. The molecule has 2 aliphatic rings. The summed E-state index contributed by atoms with van der Waals surface area (Å²) in [5.41, 5.74) is 0. The summed E-state index contributed by atoms with van der Waals surface area (Å²) in [6.45, 7) is 3.75. The van der Waals surface area contributed by atoms with Crippen LogP contribution >= 0.6 is 0 Å². The third-order valence-corrected chi connectivity index (χ3v) is 3.17. The van der Waals surface area contributed by atoms with Crippen molar-refractivity contribution in [1.82, 2.24) is 4.90 Å². The molecule has 1 unspecified atom stereocenters. The number of para-hydroxylation sites is 2. The minimum absolute atomic E-state index is 0.149. The topological polar surface area (TPSA) is 21.7 Å². The van der Waals surface area contributed by atoms with Gasteiger partial charge in [-0.25, -0.2) is 0 Å². The van der Waals surface area contributed by atoms with Crippen LogP contribution in [0, 0.1) is 0 Å². The number of ether oxygens (including phenoxy) is 2. The Labute approximate surface area is 102 Å². The molecule has 0 fully saturated rings. The Balaban J connectivity index is 1.62.